The van der Waals surface area contributed by atoms with Gasteiger partial charge in [0.05, 0.1) is 22.8 Å². The summed E-state index contributed by atoms with van der Waals surface area (Å²) in [6.07, 6.45) is 5.95. The van der Waals surface area contributed by atoms with Crippen molar-refractivity contribution in [2.45, 2.75) is 59.8 Å². The van der Waals surface area contributed by atoms with Gasteiger partial charge in [-0.05, 0) is 125 Å². The summed E-state index contributed by atoms with van der Waals surface area (Å²) in [5.41, 5.74) is 13.7. The number of allylic oxidation sites excluding steroid dienone is 4. The second-order valence-corrected chi connectivity index (χ2v) is 13.0. The van der Waals surface area contributed by atoms with Crippen molar-refractivity contribution in [3.63, 3.8) is 0 Å². The molecular weight excluding hydrogens is 644 g/mol. The number of fused-ring (bicyclic) bond motifs is 8. The lowest BCUT2D eigenvalue weighted by Crippen LogP contribution is -2.19. The van der Waals surface area contributed by atoms with Gasteiger partial charge in [0.25, 0.3) is 0 Å². The molecule has 5 rings (SSSR count). The van der Waals surface area contributed by atoms with Crippen LogP contribution in [0.25, 0.3) is 56.5 Å². The average molecular weight is 693 g/mol. The largest absolute Gasteiger partial charge is 0.481 e. The van der Waals surface area contributed by atoms with Crippen molar-refractivity contribution in [1.29, 1.82) is 0 Å². The molecule has 1 amide bonds. The van der Waals surface area contributed by atoms with Crippen LogP contribution in [-0.2, 0) is 14.4 Å². The third kappa shape index (κ3) is 8.98. The van der Waals surface area contributed by atoms with Crippen molar-refractivity contribution in [3.8, 4) is 0 Å². The molecule has 0 radical (unpaired) electrons. The van der Waals surface area contributed by atoms with Crippen molar-refractivity contribution in [2.24, 2.45) is 0 Å². The fraction of sp³-hybridized carbons (Fsp3) is 0.325. The van der Waals surface area contributed by atoms with E-state index in [9.17, 15) is 24.6 Å². The SMILES string of the molecule is C=Cc1c(C)c2cc3[nH]c(cc4nc(cc5nc(cc1[nH]2)C(C)=C5CCC(=O)O)C(CCC(=O)O)=C4C)c(C)c3C=C.CN(C)CCCNC=O. The Bertz CT molecular complexity index is 2100. The van der Waals surface area contributed by atoms with E-state index in [0.29, 0.717) is 24.2 Å². The monoisotopic (exact) mass is 692 g/mol. The third-order valence-electron chi connectivity index (χ3n) is 9.23. The van der Waals surface area contributed by atoms with Gasteiger partial charge in [-0.25, -0.2) is 9.97 Å². The number of aromatic amines is 2. The molecule has 5 heterocycles. The number of aliphatic carboxylic acids is 2. The molecule has 0 atom stereocenters. The highest BCUT2D eigenvalue weighted by Gasteiger charge is 2.22. The molecule has 3 aromatic rings. The minimum absolute atomic E-state index is 0.0367. The number of rotatable bonds is 13. The summed E-state index contributed by atoms with van der Waals surface area (Å²) in [5, 5.41) is 21.5. The van der Waals surface area contributed by atoms with Gasteiger partial charge in [0.2, 0.25) is 6.41 Å². The summed E-state index contributed by atoms with van der Waals surface area (Å²) in [4.78, 5) is 51.8. The number of amides is 1. The topological polar surface area (TPSA) is 164 Å². The van der Waals surface area contributed by atoms with Crippen molar-refractivity contribution >= 4 is 74.9 Å². The van der Waals surface area contributed by atoms with E-state index in [1.54, 1.807) is 0 Å². The Balaban J connectivity index is 0.000000573. The zero-order valence-corrected chi connectivity index (χ0v) is 30.4. The third-order valence-corrected chi connectivity index (χ3v) is 9.23. The molecule has 0 fully saturated rings. The van der Waals surface area contributed by atoms with Crippen LogP contribution in [0.4, 0.5) is 0 Å². The van der Waals surface area contributed by atoms with Crippen LogP contribution in [0.15, 0.2) is 37.4 Å². The van der Waals surface area contributed by atoms with E-state index >= 15 is 0 Å². The van der Waals surface area contributed by atoms with Gasteiger partial charge in [0.1, 0.15) is 0 Å². The fourth-order valence-corrected chi connectivity index (χ4v) is 6.32. The first-order valence-corrected chi connectivity index (χ1v) is 17.0. The molecule has 0 saturated heterocycles. The highest BCUT2D eigenvalue weighted by molar-refractivity contribution is 5.97. The maximum absolute atomic E-state index is 11.5. The number of aromatic nitrogens is 4. The molecule has 11 heteroatoms. The summed E-state index contributed by atoms with van der Waals surface area (Å²) >= 11 is 0. The molecule has 2 aliphatic rings. The summed E-state index contributed by atoms with van der Waals surface area (Å²) in [5.74, 6) is -1.78. The Morgan fingerprint density at radius 3 is 1.63 bits per heavy atom. The average Bonchev–Trinajstić information content (AvgIpc) is 3.74. The first-order valence-electron chi connectivity index (χ1n) is 17.0. The highest BCUT2D eigenvalue weighted by Crippen LogP contribution is 2.38. The number of aryl methyl sites for hydroxylation is 2. The Kier molecular flexibility index (Phi) is 12.7. The molecule has 8 bridgehead atoms. The van der Waals surface area contributed by atoms with Gasteiger partial charge in [-0.15, -0.1) is 0 Å². The number of carboxylic acids is 2. The van der Waals surface area contributed by atoms with E-state index in [1.165, 1.54) is 0 Å². The molecule has 2 aliphatic heterocycles. The Morgan fingerprint density at radius 2 is 1.20 bits per heavy atom. The van der Waals surface area contributed by atoms with Crippen LogP contribution in [0.1, 0.15) is 91.0 Å². The molecule has 0 aliphatic carbocycles. The zero-order chi connectivity index (χ0) is 37.4. The number of carbonyl (C=O) groups excluding carboxylic acids is 1. The number of carbonyl (C=O) groups is 3. The van der Waals surface area contributed by atoms with E-state index in [-0.39, 0.29) is 12.8 Å². The predicted molar refractivity (Wildman–Crippen MR) is 207 cm³/mol. The van der Waals surface area contributed by atoms with E-state index in [4.69, 9.17) is 9.97 Å². The van der Waals surface area contributed by atoms with Crippen LogP contribution in [0, 0.1) is 13.8 Å². The number of carboxylic acid groups (broad SMARTS) is 2. The zero-order valence-electron chi connectivity index (χ0n) is 30.4. The number of hydrogen-bond acceptors (Lipinski definition) is 6. The van der Waals surface area contributed by atoms with Crippen LogP contribution >= 0.6 is 0 Å². The van der Waals surface area contributed by atoms with Gasteiger partial charge in [0.15, 0.2) is 0 Å². The summed E-state index contributed by atoms with van der Waals surface area (Å²) in [6.45, 7) is 17.9. The van der Waals surface area contributed by atoms with Gasteiger partial charge in [-0.3, -0.25) is 14.4 Å². The van der Waals surface area contributed by atoms with Crippen LogP contribution in [0.5, 0.6) is 0 Å². The minimum Gasteiger partial charge on any atom is -0.481 e. The van der Waals surface area contributed by atoms with Crippen molar-refractivity contribution in [2.75, 3.05) is 27.2 Å². The molecule has 0 aromatic carbocycles. The Labute approximate surface area is 298 Å². The number of nitrogens with zero attached hydrogens (tertiary/aromatic N) is 3. The quantitative estimate of drug-likeness (QED) is 0.0908. The van der Waals surface area contributed by atoms with Crippen LogP contribution in [0.2, 0.25) is 0 Å². The number of hydrogen-bond donors (Lipinski definition) is 5. The minimum atomic E-state index is -0.889. The van der Waals surface area contributed by atoms with Crippen molar-refractivity contribution in [1.82, 2.24) is 30.2 Å². The lowest BCUT2D eigenvalue weighted by atomic mass is 9.98. The molecule has 11 nitrogen and oxygen atoms in total. The van der Waals surface area contributed by atoms with Gasteiger partial charge in [-0.2, -0.15) is 0 Å². The smallest absolute Gasteiger partial charge is 0.303 e. The number of H-pyrrole nitrogens is 2. The molecule has 0 unspecified atom stereocenters. The lowest BCUT2D eigenvalue weighted by molar-refractivity contribution is -0.137. The summed E-state index contributed by atoms with van der Waals surface area (Å²) < 4.78 is 0. The standard InChI is InChI=1S/C34H34N4O4.C6H14N2O/c1-7-21-17(3)25-13-26-19(5)23(9-11-33(39)40)31(37-26)16-32-24(10-12-34(41)42)20(6)28(38-32)15-30-22(8-2)18(4)27(36-30)14-29(21)35-25;1-8(2)5-3-4-7-6-9/h7-8,13-16,35-36H,1-2,9-12H2,3-6H3,(H,39,40)(H,41,42);6H,3-5H2,1-2H3,(H,7,9). The molecule has 51 heavy (non-hydrogen) atoms. The van der Waals surface area contributed by atoms with Crippen LogP contribution in [-0.4, -0.2) is 80.6 Å². The van der Waals surface area contributed by atoms with Crippen LogP contribution in [0.3, 0.4) is 0 Å². The summed E-state index contributed by atoms with van der Waals surface area (Å²) in [6, 6.07) is 7.88. The molecule has 5 N–H and O–H groups in total. The van der Waals surface area contributed by atoms with Gasteiger partial charge in [-0.1, -0.05) is 25.3 Å². The Hall–Kier alpha value is -5.55. The van der Waals surface area contributed by atoms with E-state index in [2.05, 4.69) is 39.4 Å². The first kappa shape index (κ1) is 38.3. The lowest BCUT2D eigenvalue weighted by Gasteiger charge is -2.07. The van der Waals surface area contributed by atoms with E-state index in [1.807, 2.05) is 72.1 Å². The second-order valence-electron chi connectivity index (χ2n) is 13.0. The van der Waals surface area contributed by atoms with E-state index in [0.717, 1.165) is 104 Å². The molecule has 0 saturated carbocycles. The molecule has 3 aromatic heterocycles. The maximum Gasteiger partial charge on any atom is 0.303 e. The van der Waals surface area contributed by atoms with Crippen LogP contribution < -0.4 is 5.32 Å². The van der Waals surface area contributed by atoms with Gasteiger partial charge < -0.3 is 30.4 Å². The highest BCUT2D eigenvalue weighted by atomic mass is 16.4. The van der Waals surface area contributed by atoms with Crippen molar-refractivity contribution in [3.05, 3.63) is 82.5 Å². The Morgan fingerprint density at radius 1 is 0.745 bits per heavy atom. The molecular formula is C40H48N6O5. The maximum atomic E-state index is 11.5. The number of nitrogens with one attached hydrogen (secondary N) is 3. The van der Waals surface area contributed by atoms with Crippen molar-refractivity contribution < 1.29 is 24.6 Å². The summed E-state index contributed by atoms with van der Waals surface area (Å²) in [7, 11) is 4.03. The normalized spacial score (nSPS) is 12.5. The molecule has 0 spiro atoms. The predicted octanol–water partition coefficient (Wildman–Crippen LogP) is 7.49. The van der Waals surface area contributed by atoms with Gasteiger partial charge >= 0.3 is 11.9 Å². The fourth-order valence-electron chi connectivity index (χ4n) is 6.32. The van der Waals surface area contributed by atoms with E-state index < -0.39 is 11.9 Å². The second kappa shape index (κ2) is 16.9. The van der Waals surface area contributed by atoms with Gasteiger partial charge in [0, 0.05) is 52.6 Å². The first-order chi connectivity index (χ1) is 24.3. The molecule has 268 valence electrons.